The molecule has 8 heteroatoms. The van der Waals surface area contributed by atoms with E-state index in [1.54, 1.807) is 0 Å². The second-order valence-corrected chi connectivity index (χ2v) is 7.14. The Morgan fingerprint density at radius 3 is 1.70 bits per heavy atom. The van der Waals surface area contributed by atoms with Gasteiger partial charge < -0.3 is 36.0 Å². The Balaban J connectivity index is 3.82. The van der Waals surface area contributed by atoms with Crippen molar-refractivity contribution in [1.29, 1.82) is 0 Å². The number of aliphatic hydroxyl groups excluding tert-OH is 6. The Morgan fingerprint density at radius 2 is 1.22 bits per heavy atom. The molecule has 0 fully saturated rings. The number of hydrogen-bond donors (Lipinski definition) is 7. The van der Waals surface area contributed by atoms with E-state index >= 15 is 0 Å². The summed E-state index contributed by atoms with van der Waals surface area (Å²) < 4.78 is 0. The predicted molar refractivity (Wildman–Crippen MR) is 102 cm³/mol. The van der Waals surface area contributed by atoms with Crippen LogP contribution in [0.3, 0.4) is 0 Å². The molecule has 0 bridgehead atoms. The van der Waals surface area contributed by atoms with Crippen molar-refractivity contribution < 1.29 is 35.4 Å². The first-order chi connectivity index (χ1) is 12.9. The van der Waals surface area contributed by atoms with Crippen LogP contribution in [0.5, 0.6) is 0 Å². The van der Waals surface area contributed by atoms with Gasteiger partial charge in [-0.1, -0.05) is 64.7 Å². The van der Waals surface area contributed by atoms with Gasteiger partial charge in [0.15, 0.2) is 6.10 Å². The lowest BCUT2D eigenvalue weighted by molar-refractivity contribution is -0.156. The van der Waals surface area contributed by atoms with Crippen LogP contribution < -0.4 is 5.32 Å². The Bertz CT molecular complexity index is 370. The van der Waals surface area contributed by atoms with Gasteiger partial charge in [0.25, 0.3) is 5.91 Å². The third kappa shape index (κ3) is 11.6. The second-order valence-electron chi connectivity index (χ2n) is 7.14. The van der Waals surface area contributed by atoms with Crippen LogP contribution in [-0.2, 0) is 4.79 Å². The van der Waals surface area contributed by atoms with E-state index < -0.39 is 43.0 Å². The highest BCUT2D eigenvalue weighted by molar-refractivity contribution is 5.81. The minimum absolute atomic E-state index is 0.344. The maximum atomic E-state index is 11.8. The number of carbonyl (C=O) groups is 1. The molecule has 1 amide bonds. The summed E-state index contributed by atoms with van der Waals surface area (Å²) in [5.41, 5.74) is 0. The molecule has 7 N–H and O–H groups in total. The van der Waals surface area contributed by atoms with Gasteiger partial charge in [0.1, 0.15) is 24.4 Å². The average molecular weight is 394 g/mol. The number of aliphatic hydroxyl groups is 6. The van der Waals surface area contributed by atoms with Gasteiger partial charge in [0.05, 0.1) is 6.61 Å². The quantitative estimate of drug-likeness (QED) is 0.169. The van der Waals surface area contributed by atoms with Crippen molar-refractivity contribution in [2.75, 3.05) is 13.2 Å². The van der Waals surface area contributed by atoms with Crippen LogP contribution >= 0.6 is 0 Å². The normalized spacial score (nSPS) is 17.1. The predicted octanol–water partition coefficient (Wildman–Crippen LogP) is -0.180. The SMILES string of the molecule is CCCCCCCCCCCCNC(=O)[C@H](O)[C@@H](O)[C@H](O)[C@H](O)[C@H](O)CO. The molecule has 0 radical (unpaired) electrons. The highest BCUT2D eigenvalue weighted by Gasteiger charge is 2.36. The van der Waals surface area contributed by atoms with Crippen LogP contribution in [0, 0.1) is 0 Å². The molecule has 8 nitrogen and oxygen atoms in total. The molecule has 0 unspecified atom stereocenters. The van der Waals surface area contributed by atoms with Crippen molar-refractivity contribution in [3.63, 3.8) is 0 Å². The highest BCUT2D eigenvalue weighted by Crippen LogP contribution is 2.11. The van der Waals surface area contributed by atoms with Crippen LogP contribution in [0.2, 0.25) is 0 Å². The molecule has 0 saturated carbocycles. The van der Waals surface area contributed by atoms with E-state index in [4.69, 9.17) is 5.11 Å². The molecule has 0 heterocycles. The lowest BCUT2D eigenvalue weighted by Crippen LogP contribution is -2.54. The van der Waals surface area contributed by atoms with E-state index in [1.165, 1.54) is 44.9 Å². The fourth-order valence-electron chi connectivity index (χ4n) is 2.81. The first-order valence-electron chi connectivity index (χ1n) is 10.2. The molecule has 27 heavy (non-hydrogen) atoms. The van der Waals surface area contributed by atoms with Gasteiger partial charge in [0.2, 0.25) is 0 Å². The molecule has 0 aromatic carbocycles. The molecule has 162 valence electrons. The second kappa shape index (κ2) is 16.2. The van der Waals surface area contributed by atoms with Crippen LogP contribution in [0.15, 0.2) is 0 Å². The van der Waals surface area contributed by atoms with Gasteiger partial charge >= 0.3 is 0 Å². The molecule has 0 aliphatic carbocycles. The summed E-state index contributed by atoms with van der Waals surface area (Å²) in [6.07, 6.45) is 2.14. The Kier molecular flexibility index (Phi) is 15.7. The Labute approximate surface area is 162 Å². The number of amides is 1. The van der Waals surface area contributed by atoms with E-state index in [-0.39, 0.29) is 0 Å². The molecular weight excluding hydrogens is 354 g/mol. The van der Waals surface area contributed by atoms with Crippen molar-refractivity contribution in [3.8, 4) is 0 Å². The van der Waals surface area contributed by atoms with Gasteiger partial charge in [-0.05, 0) is 6.42 Å². The number of nitrogens with one attached hydrogen (secondary N) is 1. The third-order valence-electron chi connectivity index (χ3n) is 4.70. The van der Waals surface area contributed by atoms with Crippen LogP contribution in [0.25, 0.3) is 0 Å². The smallest absolute Gasteiger partial charge is 0.251 e. The van der Waals surface area contributed by atoms with Crippen LogP contribution in [-0.4, -0.2) is 80.2 Å². The van der Waals surface area contributed by atoms with E-state index in [9.17, 15) is 30.3 Å². The van der Waals surface area contributed by atoms with Gasteiger partial charge in [-0.15, -0.1) is 0 Å². The van der Waals surface area contributed by atoms with Crippen LogP contribution in [0.4, 0.5) is 0 Å². The summed E-state index contributed by atoms with van der Waals surface area (Å²) in [6.45, 7) is 1.72. The van der Waals surface area contributed by atoms with Gasteiger partial charge in [-0.25, -0.2) is 0 Å². The van der Waals surface area contributed by atoms with Gasteiger partial charge in [-0.2, -0.15) is 0 Å². The number of unbranched alkanes of at least 4 members (excludes halogenated alkanes) is 9. The molecule has 0 rings (SSSR count). The topological polar surface area (TPSA) is 150 Å². The number of carbonyl (C=O) groups excluding carboxylic acids is 1. The average Bonchev–Trinajstić information content (AvgIpc) is 2.68. The first-order valence-corrected chi connectivity index (χ1v) is 10.2. The fraction of sp³-hybridized carbons (Fsp3) is 0.947. The summed E-state index contributed by atoms with van der Waals surface area (Å²) in [5, 5.41) is 59.0. The third-order valence-corrected chi connectivity index (χ3v) is 4.70. The molecule has 0 aromatic heterocycles. The fourth-order valence-corrected chi connectivity index (χ4v) is 2.81. The first kappa shape index (κ1) is 26.2. The number of hydrogen-bond acceptors (Lipinski definition) is 7. The Hall–Kier alpha value is -0.770. The number of rotatable bonds is 17. The van der Waals surface area contributed by atoms with Crippen molar-refractivity contribution >= 4 is 5.91 Å². The molecule has 0 saturated heterocycles. The molecular formula is C19H39NO7. The standard InChI is InChI=1S/C19H39NO7/c1-2-3-4-5-6-7-8-9-10-11-12-20-19(27)18(26)17(25)16(24)15(23)14(22)13-21/h14-18,21-26H,2-13H2,1H3,(H,20,27)/t14-,15-,16-,17+,18-/m1/s1. The minimum atomic E-state index is -1.98. The zero-order valence-corrected chi connectivity index (χ0v) is 16.5. The lowest BCUT2D eigenvalue weighted by atomic mass is 9.99. The van der Waals surface area contributed by atoms with Crippen molar-refractivity contribution in [3.05, 3.63) is 0 Å². The molecule has 0 aliphatic rings. The summed E-state index contributed by atoms with van der Waals surface area (Å²) >= 11 is 0. The zero-order chi connectivity index (χ0) is 20.7. The summed E-state index contributed by atoms with van der Waals surface area (Å²) in [6, 6.07) is 0. The van der Waals surface area contributed by atoms with E-state index in [0.717, 1.165) is 19.3 Å². The molecule has 0 spiro atoms. The maximum absolute atomic E-state index is 11.8. The van der Waals surface area contributed by atoms with E-state index in [0.29, 0.717) is 6.54 Å². The molecule has 5 atom stereocenters. The Morgan fingerprint density at radius 1 is 0.741 bits per heavy atom. The van der Waals surface area contributed by atoms with E-state index in [2.05, 4.69) is 12.2 Å². The van der Waals surface area contributed by atoms with E-state index in [1.807, 2.05) is 0 Å². The zero-order valence-electron chi connectivity index (χ0n) is 16.5. The minimum Gasteiger partial charge on any atom is -0.394 e. The highest BCUT2D eigenvalue weighted by atomic mass is 16.4. The van der Waals surface area contributed by atoms with Gasteiger partial charge in [-0.3, -0.25) is 4.79 Å². The lowest BCUT2D eigenvalue weighted by Gasteiger charge is -2.27. The van der Waals surface area contributed by atoms with Crippen LogP contribution in [0.1, 0.15) is 71.1 Å². The maximum Gasteiger partial charge on any atom is 0.251 e. The summed E-state index contributed by atoms with van der Waals surface area (Å²) in [7, 11) is 0. The largest absolute Gasteiger partial charge is 0.394 e. The summed E-state index contributed by atoms with van der Waals surface area (Å²) in [4.78, 5) is 11.8. The molecule has 0 aromatic rings. The van der Waals surface area contributed by atoms with Crippen molar-refractivity contribution in [2.45, 2.75) is 102 Å². The molecule has 0 aliphatic heterocycles. The summed E-state index contributed by atoms with van der Waals surface area (Å²) in [5.74, 6) is -0.858. The monoisotopic (exact) mass is 393 g/mol. The van der Waals surface area contributed by atoms with Crippen molar-refractivity contribution in [1.82, 2.24) is 5.32 Å². The van der Waals surface area contributed by atoms with Gasteiger partial charge in [0, 0.05) is 6.54 Å². The van der Waals surface area contributed by atoms with Crippen molar-refractivity contribution in [2.24, 2.45) is 0 Å².